The molecule has 1 saturated carbocycles. The number of aryl methyl sites for hydroxylation is 2. The summed E-state index contributed by atoms with van der Waals surface area (Å²) >= 11 is 0. The summed E-state index contributed by atoms with van der Waals surface area (Å²) in [5.41, 5.74) is 3.58. The molecule has 106 valence electrons. The van der Waals surface area contributed by atoms with Gasteiger partial charge in [-0.05, 0) is 39.2 Å². The van der Waals surface area contributed by atoms with Crippen LogP contribution in [0.1, 0.15) is 68.2 Å². The Balaban J connectivity index is 2.18. The van der Waals surface area contributed by atoms with Gasteiger partial charge in [0.2, 0.25) is 0 Å². The largest absolute Gasteiger partial charge is 0.313 e. The summed E-state index contributed by atoms with van der Waals surface area (Å²) in [5, 5.41) is 3.37. The summed E-state index contributed by atoms with van der Waals surface area (Å²) in [6.45, 7) is 10.6. The number of nitrogens with zero attached hydrogens (tertiary/aromatic N) is 2. The number of nitrogens with one attached hydrogen (secondary N) is 1. The highest BCUT2D eigenvalue weighted by atomic mass is 14.9. The Labute approximate surface area is 117 Å². The van der Waals surface area contributed by atoms with Crippen LogP contribution in [0.4, 0.5) is 0 Å². The first-order valence-corrected chi connectivity index (χ1v) is 7.66. The van der Waals surface area contributed by atoms with Gasteiger partial charge in [-0.25, -0.2) is 9.97 Å². The molecule has 1 N–H and O–H groups in total. The van der Waals surface area contributed by atoms with Crippen LogP contribution in [0, 0.1) is 19.8 Å². The summed E-state index contributed by atoms with van der Waals surface area (Å²) < 4.78 is 0. The van der Waals surface area contributed by atoms with Gasteiger partial charge in [-0.1, -0.05) is 26.7 Å². The molecule has 0 aromatic carbocycles. The lowest BCUT2D eigenvalue weighted by Gasteiger charge is -2.26. The van der Waals surface area contributed by atoms with Crippen LogP contribution in [-0.2, 0) is 6.54 Å². The minimum Gasteiger partial charge on any atom is -0.313 e. The monoisotopic (exact) mass is 261 g/mol. The highest BCUT2D eigenvalue weighted by Crippen LogP contribution is 2.34. The summed E-state index contributed by atoms with van der Waals surface area (Å²) in [4.78, 5) is 9.59. The van der Waals surface area contributed by atoms with Gasteiger partial charge in [-0.2, -0.15) is 0 Å². The molecule has 1 aliphatic rings. The van der Waals surface area contributed by atoms with Crippen LogP contribution in [0.3, 0.4) is 0 Å². The van der Waals surface area contributed by atoms with Crippen LogP contribution in [0.15, 0.2) is 0 Å². The molecule has 1 aliphatic carbocycles. The van der Waals surface area contributed by atoms with E-state index in [4.69, 9.17) is 9.97 Å². The van der Waals surface area contributed by atoms with E-state index in [-0.39, 0.29) is 0 Å². The van der Waals surface area contributed by atoms with Crippen LogP contribution in [0.25, 0.3) is 0 Å². The second-order valence-electron chi connectivity index (χ2n) is 5.98. The third kappa shape index (κ3) is 3.53. The first-order chi connectivity index (χ1) is 9.11. The van der Waals surface area contributed by atoms with Gasteiger partial charge >= 0.3 is 0 Å². The maximum Gasteiger partial charge on any atom is 0.131 e. The van der Waals surface area contributed by atoms with E-state index in [0.717, 1.165) is 36.2 Å². The second-order valence-corrected chi connectivity index (χ2v) is 5.98. The van der Waals surface area contributed by atoms with Crippen molar-refractivity contribution in [1.29, 1.82) is 0 Å². The van der Waals surface area contributed by atoms with E-state index in [0.29, 0.717) is 5.92 Å². The molecule has 2 rings (SSSR count). The number of aromatic nitrogens is 2. The number of hydrogen-bond donors (Lipinski definition) is 1. The van der Waals surface area contributed by atoms with Gasteiger partial charge in [0.1, 0.15) is 5.82 Å². The minimum atomic E-state index is 0.578. The van der Waals surface area contributed by atoms with Crippen molar-refractivity contribution in [3.05, 3.63) is 22.8 Å². The Morgan fingerprint density at radius 1 is 1.16 bits per heavy atom. The molecule has 1 heterocycles. The molecule has 2 atom stereocenters. The molecule has 19 heavy (non-hydrogen) atoms. The van der Waals surface area contributed by atoms with Gasteiger partial charge in [-0.15, -0.1) is 0 Å². The molecule has 1 fully saturated rings. The second kappa shape index (κ2) is 6.47. The van der Waals surface area contributed by atoms with E-state index in [1.165, 1.54) is 31.2 Å². The van der Waals surface area contributed by atoms with Gasteiger partial charge in [0.25, 0.3) is 0 Å². The molecular formula is C16H27N3. The summed E-state index contributed by atoms with van der Waals surface area (Å²) in [6, 6.07) is 0. The minimum absolute atomic E-state index is 0.578. The van der Waals surface area contributed by atoms with Crippen molar-refractivity contribution >= 4 is 0 Å². The molecule has 0 bridgehead atoms. The first kappa shape index (κ1) is 14.4. The maximum absolute atomic E-state index is 4.79. The lowest BCUT2D eigenvalue weighted by atomic mass is 9.82. The molecule has 0 saturated heterocycles. The van der Waals surface area contributed by atoms with Gasteiger partial charge in [0.15, 0.2) is 0 Å². The molecule has 0 radical (unpaired) electrons. The van der Waals surface area contributed by atoms with Gasteiger partial charge in [-0.3, -0.25) is 0 Å². The molecule has 0 aliphatic heterocycles. The predicted molar refractivity (Wildman–Crippen MR) is 79.3 cm³/mol. The Hall–Kier alpha value is -0.960. The zero-order valence-electron chi connectivity index (χ0n) is 12.8. The molecule has 1 aromatic heterocycles. The van der Waals surface area contributed by atoms with Crippen molar-refractivity contribution < 1.29 is 0 Å². The third-order valence-corrected chi connectivity index (χ3v) is 4.29. The average Bonchev–Trinajstić information content (AvgIpc) is 2.37. The van der Waals surface area contributed by atoms with E-state index < -0.39 is 0 Å². The Kier molecular flexibility index (Phi) is 4.92. The standard InChI is InChI=1S/C16H27N3/c1-5-17-10-15-12(3)18-16(19-13(15)4)14-8-6-7-11(2)9-14/h11,14,17H,5-10H2,1-4H3. The topological polar surface area (TPSA) is 37.8 Å². The highest BCUT2D eigenvalue weighted by molar-refractivity contribution is 5.25. The Bertz CT molecular complexity index is 405. The predicted octanol–water partition coefficient (Wildman–Crippen LogP) is 3.50. The van der Waals surface area contributed by atoms with E-state index in [1.807, 2.05) is 0 Å². The zero-order valence-corrected chi connectivity index (χ0v) is 12.8. The van der Waals surface area contributed by atoms with Crippen LogP contribution in [-0.4, -0.2) is 16.5 Å². The first-order valence-electron chi connectivity index (χ1n) is 7.66. The van der Waals surface area contributed by atoms with Crippen molar-refractivity contribution in [1.82, 2.24) is 15.3 Å². The summed E-state index contributed by atoms with van der Waals surface area (Å²) in [5.74, 6) is 2.49. The summed E-state index contributed by atoms with van der Waals surface area (Å²) in [6.07, 6.45) is 5.21. The number of hydrogen-bond acceptors (Lipinski definition) is 3. The molecule has 1 aromatic rings. The molecule has 0 amide bonds. The lowest BCUT2D eigenvalue weighted by molar-refractivity contribution is 0.334. The Morgan fingerprint density at radius 2 is 1.84 bits per heavy atom. The van der Waals surface area contributed by atoms with Crippen molar-refractivity contribution in [2.75, 3.05) is 6.54 Å². The summed E-state index contributed by atoms with van der Waals surface area (Å²) in [7, 11) is 0. The van der Waals surface area contributed by atoms with Crippen LogP contribution < -0.4 is 5.32 Å². The Morgan fingerprint density at radius 3 is 2.42 bits per heavy atom. The van der Waals surface area contributed by atoms with Crippen molar-refractivity contribution in [2.24, 2.45) is 5.92 Å². The zero-order chi connectivity index (χ0) is 13.8. The van der Waals surface area contributed by atoms with E-state index in [2.05, 4.69) is 33.0 Å². The van der Waals surface area contributed by atoms with E-state index >= 15 is 0 Å². The molecule has 0 spiro atoms. The van der Waals surface area contributed by atoms with E-state index in [1.54, 1.807) is 0 Å². The average molecular weight is 261 g/mol. The molecule has 3 heteroatoms. The molecule has 2 unspecified atom stereocenters. The fourth-order valence-electron chi connectivity index (χ4n) is 3.12. The van der Waals surface area contributed by atoms with E-state index in [9.17, 15) is 0 Å². The third-order valence-electron chi connectivity index (χ3n) is 4.29. The highest BCUT2D eigenvalue weighted by Gasteiger charge is 2.23. The van der Waals surface area contributed by atoms with Gasteiger partial charge < -0.3 is 5.32 Å². The number of rotatable bonds is 4. The van der Waals surface area contributed by atoms with Crippen LogP contribution >= 0.6 is 0 Å². The fourth-order valence-corrected chi connectivity index (χ4v) is 3.12. The smallest absolute Gasteiger partial charge is 0.131 e. The molecule has 3 nitrogen and oxygen atoms in total. The van der Waals surface area contributed by atoms with Crippen molar-refractivity contribution in [3.63, 3.8) is 0 Å². The maximum atomic E-state index is 4.79. The van der Waals surface area contributed by atoms with Gasteiger partial charge in [0.05, 0.1) is 0 Å². The van der Waals surface area contributed by atoms with Gasteiger partial charge in [0, 0.05) is 29.4 Å². The normalized spacial score (nSPS) is 23.6. The van der Waals surface area contributed by atoms with Crippen molar-refractivity contribution in [2.45, 2.75) is 65.8 Å². The molecular weight excluding hydrogens is 234 g/mol. The lowest BCUT2D eigenvalue weighted by Crippen LogP contribution is -2.19. The fraction of sp³-hybridized carbons (Fsp3) is 0.750. The van der Waals surface area contributed by atoms with Crippen LogP contribution in [0.2, 0.25) is 0 Å². The quantitative estimate of drug-likeness (QED) is 0.901. The van der Waals surface area contributed by atoms with Crippen LogP contribution in [0.5, 0.6) is 0 Å². The SMILES string of the molecule is CCNCc1c(C)nc(C2CCCC(C)C2)nc1C. The van der Waals surface area contributed by atoms with Crippen molar-refractivity contribution in [3.8, 4) is 0 Å².